The fourth-order valence-corrected chi connectivity index (χ4v) is 6.64. The van der Waals surface area contributed by atoms with Gasteiger partial charge in [-0.3, -0.25) is 19.4 Å². The molecule has 8 rings (SSSR count). The van der Waals surface area contributed by atoms with E-state index in [1.165, 1.54) is 11.1 Å². The molecule has 1 N–H and O–H groups in total. The highest BCUT2D eigenvalue weighted by atomic mass is 16.2. The van der Waals surface area contributed by atoms with Crippen molar-refractivity contribution >= 4 is 29.6 Å². The third-order valence-electron chi connectivity index (χ3n) is 8.06. The van der Waals surface area contributed by atoms with Crippen LogP contribution in [0.15, 0.2) is 108 Å². The number of nitrogens with zero attached hydrogens (tertiary/aromatic N) is 3. The van der Waals surface area contributed by atoms with Crippen LogP contribution in [0.2, 0.25) is 0 Å². The average Bonchev–Trinajstić information content (AvgIpc) is 3.24. The maximum atomic E-state index is 14.2. The summed E-state index contributed by atoms with van der Waals surface area (Å²) in [7, 11) is 0. The summed E-state index contributed by atoms with van der Waals surface area (Å²) in [4.78, 5) is 46.4. The fourth-order valence-electron chi connectivity index (χ4n) is 6.64. The molecule has 7 heteroatoms. The predicted octanol–water partition coefficient (Wildman–Crippen LogP) is 4.05. The van der Waals surface area contributed by atoms with Crippen LogP contribution in [0.25, 0.3) is 0 Å². The maximum absolute atomic E-state index is 14.2. The van der Waals surface area contributed by atoms with E-state index in [4.69, 9.17) is 0 Å². The summed E-state index contributed by atoms with van der Waals surface area (Å²) >= 11 is 0. The van der Waals surface area contributed by atoms with Crippen molar-refractivity contribution in [3.8, 4) is 0 Å². The second-order valence-corrected chi connectivity index (χ2v) is 9.81. The van der Waals surface area contributed by atoms with Crippen molar-refractivity contribution in [1.29, 1.82) is 0 Å². The first kappa shape index (κ1) is 22.3. The Morgan fingerprint density at radius 1 is 0.842 bits per heavy atom. The highest BCUT2D eigenvalue weighted by Crippen LogP contribution is 2.63. The van der Waals surface area contributed by atoms with Crippen molar-refractivity contribution < 1.29 is 14.4 Å². The molecule has 2 bridgehead atoms. The summed E-state index contributed by atoms with van der Waals surface area (Å²) < 4.78 is 0. The Bertz CT molecular complexity index is 1590. The minimum absolute atomic E-state index is 0.211. The van der Waals surface area contributed by atoms with Gasteiger partial charge >= 0.3 is 0 Å². The lowest BCUT2D eigenvalue weighted by Crippen LogP contribution is -2.54. The molecular formula is C31H22N4O3. The highest BCUT2D eigenvalue weighted by Gasteiger charge is 2.68. The Hall–Kier alpha value is -4.91. The van der Waals surface area contributed by atoms with Gasteiger partial charge in [-0.2, -0.15) is 5.10 Å². The van der Waals surface area contributed by atoms with Crippen molar-refractivity contribution in [3.05, 3.63) is 131 Å². The molecule has 0 spiro atoms. The van der Waals surface area contributed by atoms with Crippen LogP contribution in [0, 0.1) is 11.8 Å². The Morgan fingerprint density at radius 3 is 2.16 bits per heavy atom. The van der Waals surface area contributed by atoms with E-state index in [9.17, 15) is 14.4 Å². The molecule has 2 heterocycles. The molecular weight excluding hydrogens is 476 g/mol. The molecule has 0 radical (unpaired) electrons. The fraction of sp³-hybridized carbons (Fsp3) is 0.129. The summed E-state index contributed by atoms with van der Waals surface area (Å²) in [6.45, 7) is 0. The third kappa shape index (κ3) is 2.93. The second kappa shape index (κ2) is 8.31. The van der Waals surface area contributed by atoms with Gasteiger partial charge in [0.1, 0.15) is 0 Å². The van der Waals surface area contributed by atoms with Crippen molar-refractivity contribution in [2.24, 2.45) is 16.9 Å². The first-order valence-corrected chi connectivity index (χ1v) is 12.5. The Labute approximate surface area is 218 Å². The molecule has 1 fully saturated rings. The van der Waals surface area contributed by atoms with E-state index >= 15 is 0 Å². The minimum atomic E-state index is -1.04. The van der Waals surface area contributed by atoms with Gasteiger partial charge in [0.2, 0.25) is 11.8 Å². The predicted molar refractivity (Wildman–Crippen MR) is 142 cm³/mol. The molecule has 3 amide bonds. The molecule has 4 aliphatic rings. The number of amides is 3. The van der Waals surface area contributed by atoms with Crippen LogP contribution < -0.4 is 10.3 Å². The molecule has 2 atom stereocenters. The summed E-state index contributed by atoms with van der Waals surface area (Å²) in [5.74, 6) is -2.43. The first-order valence-electron chi connectivity index (χ1n) is 12.5. The van der Waals surface area contributed by atoms with Crippen LogP contribution in [0.3, 0.4) is 0 Å². The largest absolute Gasteiger partial charge is 0.274 e. The van der Waals surface area contributed by atoms with E-state index in [0.29, 0.717) is 11.3 Å². The van der Waals surface area contributed by atoms with Crippen molar-refractivity contribution in [2.75, 3.05) is 4.90 Å². The van der Waals surface area contributed by atoms with E-state index in [0.717, 1.165) is 22.3 Å². The van der Waals surface area contributed by atoms with Gasteiger partial charge in [0.25, 0.3) is 5.91 Å². The van der Waals surface area contributed by atoms with E-state index in [1.807, 2.05) is 66.7 Å². The number of hydrogen-bond donors (Lipinski definition) is 1. The zero-order chi connectivity index (χ0) is 25.9. The van der Waals surface area contributed by atoms with Gasteiger partial charge < -0.3 is 0 Å². The maximum Gasteiger partial charge on any atom is 0.272 e. The van der Waals surface area contributed by atoms with Crippen molar-refractivity contribution in [1.82, 2.24) is 10.4 Å². The van der Waals surface area contributed by atoms with Crippen molar-refractivity contribution in [3.63, 3.8) is 0 Å². The topological polar surface area (TPSA) is 91.7 Å². The van der Waals surface area contributed by atoms with Gasteiger partial charge in [-0.15, -0.1) is 0 Å². The highest BCUT2D eigenvalue weighted by molar-refractivity contribution is 6.25. The van der Waals surface area contributed by atoms with Gasteiger partial charge in [-0.1, -0.05) is 66.7 Å². The number of pyridine rings is 1. The second-order valence-electron chi connectivity index (χ2n) is 9.81. The number of anilines is 1. The van der Waals surface area contributed by atoms with Crippen LogP contribution in [-0.4, -0.2) is 28.9 Å². The number of para-hydroxylation sites is 1. The molecule has 4 aromatic rings. The van der Waals surface area contributed by atoms with Gasteiger partial charge in [-0.25, -0.2) is 10.3 Å². The molecule has 0 unspecified atom stereocenters. The van der Waals surface area contributed by atoms with Crippen LogP contribution >= 0.6 is 0 Å². The van der Waals surface area contributed by atoms with Crippen molar-refractivity contribution in [2.45, 2.75) is 11.3 Å². The van der Waals surface area contributed by atoms with Gasteiger partial charge in [0, 0.05) is 24.5 Å². The summed E-state index contributed by atoms with van der Waals surface area (Å²) in [6, 6.07) is 28.3. The lowest BCUT2D eigenvalue weighted by Gasteiger charge is -2.52. The van der Waals surface area contributed by atoms with Crippen LogP contribution in [0.4, 0.5) is 5.69 Å². The summed E-state index contributed by atoms with van der Waals surface area (Å²) in [5, 5.41) is 4.42. The Kier molecular flexibility index (Phi) is 4.88. The molecule has 184 valence electrons. The normalized spacial score (nSPS) is 24.7. The molecule has 38 heavy (non-hydrogen) atoms. The first-order chi connectivity index (χ1) is 18.6. The van der Waals surface area contributed by atoms with E-state index in [-0.39, 0.29) is 17.7 Å². The number of imide groups is 1. The minimum Gasteiger partial charge on any atom is -0.274 e. The van der Waals surface area contributed by atoms with Crippen LogP contribution in [-0.2, 0) is 15.0 Å². The lowest BCUT2D eigenvalue weighted by atomic mass is 9.47. The van der Waals surface area contributed by atoms with E-state index in [1.54, 1.807) is 36.7 Å². The monoisotopic (exact) mass is 498 g/mol. The number of rotatable bonds is 4. The molecule has 7 nitrogen and oxygen atoms in total. The zero-order valence-corrected chi connectivity index (χ0v) is 20.2. The quantitative estimate of drug-likeness (QED) is 0.261. The standard InChI is InChI=1S/C31H22N4O3/c36-28(19-9-8-16-32-17-19)34-33-18-31-23-14-6-4-12-21(23)25(22-13-5-7-15-24(22)31)26-27(31)30(38)35(29(26)37)20-10-2-1-3-11-20/h1-18,25-27H,(H,34,36)/b33-18-/t25?,26-,27+,31?/m1/s1. The molecule has 1 saturated heterocycles. The molecule has 1 aliphatic heterocycles. The SMILES string of the molecule is O=C(N/N=C\C12c3ccccc3C(c3ccccc31)[C@H]1C(=O)N(c3ccccc3)C(=O)[C@H]12)c1cccnc1. The van der Waals surface area contributed by atoms with Gasteiger partial charge in [0.05, 0.1) is 28.5 Å². The zero-order valence-electron chi connectivity index (χ0n) is 20.2. The Morgan fingerprint density at radius 2 is 1.50 bits per heavy atom. The molecule has 1 aromatic heterocycles. The number of aromatic nitrogens is 1. The summed E-state index contributed by atoms with van der Waals surface area (Å²) in [6.07, 6.45) is 4.72. The smallest absolute Gasteiger partial charge is 0.272 e. The van der Waals surface area contributed by atoms with Crippen LogP contribution in [0.1, 0.15) is 38.5 Å². The molecule has 3 aliphatic carbocycles. The average molecular weight is 499 g/mol. The molecule has 0 saturated carbocycles. The number of hydrazone groups is 1. The number of carbonyl (C=O) groups excluding carboxylic acids is 3. The Balaban J connectivity index is 1.42. The van der Waals surface area contributed by atoms with Gasteiger partial charge in [0.15, 0.2) is 0 Å². The lowest BCUT2D eigenvalue weighted by molar-refractivity contribution is -0.122. The summed E-state index contributed by atoms with van der Waals surface area (Å²) in [5.41, 5.74) is 6.38. The van der Waals surface area contributed by atoms with E-state index < -0.39 is 23.2 Å². The number of benzene rings is 3. The third-order valence-corrected chi connectivity index (χ3v) is 8.06. The van der Waals surface area contributed by atoms with Crippen LogP contribution in [0.5, 0.6) is 0 Å². The van der Waals surface area contributed by atoms with Gasteiger partial charge in [-0.05, 0) is 46.5 Å². The number of nitrogens with one attached hydrogen (secondary N) is 1. The number of carbonyl (C=O) groups is 3. The molecule has 3 aromatic carbocycles. The number of hydrogen-bond acceptors (Lipinski definition) is 5. The van der Waals surface area contributed by atoms with E-state index in [2.05, 4.69) is 15.5 Å².